The first-order valence-corrected chi connectivity index (χ1v) is 15.1. The second-order valence-corrected chi connectivity index (χ2v) is 11.5. The molecule has 204 valence electrons. The van der Waals surface area contributed by atoms with Crippen molar-refractivity contribution >= 4 is 5.91 Å². The zero-order valence-electron chi connectivity index (χ0n) is 24.1. The smallest absolute Gasteiger partial charge is 0.223 e. The number of hydrogen-bond donors (Lipinski definition) is 1. The van der Waals surface area contributed by atoms with Gasteiger partial charge >= 0.3 is 0 Å². The van der Waals surface area contributed by atoms with Crippen LogP contribution in [0.25, 0.3) is 0 Å². The molecule has 37 heavy (non-hydrogen) atoms. The van der Waals surface area contributed by atoms with Gasteiger partial charge in [-0.25, -0.2) is 0 Å². The number of nitrogens with zero attached hydrogens (tertiary/aromatic N) is 1. The highest BCUT2D eigenvalue weighted by Crippen LogP contribution is 2.32. The molecule has 3 atom stereocenters. The summed E-state index contributed by atoms with van der Waals surface area (Å²) in [7, 11) is 2.22. The van der Waals surface area contributed by atoms with Gasteiger partial charge < -0.3 is 10.2 Å². The maximum atomic E-state index is 12.1. The minimum Gasteiger partial charge on any atom is -0.378 e. The monoisotopic (exact) mass is 504 g/mol. The maximum Gasteiger partial charge on any atom is 0.223 e. The third-order valence-electron chi connectivity index (χ3n) is 8.70. The lowest BCUT2D eigenvalue weighted by Crippen LogP contribution is -2.36. The average Bonchev–Trinajstić information content (AvgIpc) is 3.09. The van der Waals surface area contributed by atoms with Crippen LogP contribution in [-0.4, -0.2) is 30.9 Å². The molecular formula is C34H52N2O. The van der Waals surface area contributed by atoms with Crippen LogP contribution in [0.3, 0.4) is 0 Å². The first-order valence-electron chi connectivity index (χ1n) is 15.1. The summed E-state index contributed by atoms with van der Waals surface area (Å²) in [6, 6.07) is 0. The standard InChI is InChI=1S/C34H52N2O/c1-6-8-12-26(3)27(4)31-21-19-28(20-22-31)17-18-29-13-9-14-30(7-2)33(25-29)36(5)24-11-23-35-34(37)32-15-10-16-32/h13,17-21,25-26,30-32H,4,6-12,14-16,22-24H2,1-3,5H3,(H,35,37). The first kappa shape index (κ1) is 29.3. The summed E-state index contributed by atoms with van der Waals surface area (Å²) in [6.07, 6.45) is 29.0. The molecule has 3 aliphatic carbocycles. The summed E-state index contributed by atoms with van der Waals surface area (Å²) in [5.74, 6) is 2.20. The molecule has 1 N–H and O–H groups in total. The molecule has 0 heterocycles. The van der Waals surface area contributed by atoms with Crippen molar-refractivity contribution in [1.29, 1.82) is 0 Å². The molecule has 0 aromatic heterocycles. The second kappa shape index (κ2) is 15.2. The van der Waals surface area contributed by atoms with Crippen LogP contribution in [0.2, 0.25) is 0 Å². The van der Waals surface area contributed by atoms with Crippen LogP contribution in [0.4, 0.5) is 0 Å². The molecule has 1 saturated carbocycles. The summed E-state index contributed by atoms with van der Waals surface area (Å²) in [4.78, 5) is 14.5. The van der Waals surface area contributed by atoms with Crippen molar-refractivity contribution in [3.63, 3.8) is 0 Å². The molecule has 0 aliphatic heterocycles. The molecule has 3 aliphatic rings. The molecule has 0 aromatic carbocycles. The zero-order chi connectivity index (χ0) is 26.6. The largest absolute Gasteiger partial charge is 0.378 e. The van der Waals surface area contributed by atoms with Crippen LogP contribution in [0, 0.1) is 23.7 Å². The molecule has 3 rings (SSSR count). The predicted octanol–water partition coefficient (Wildman–Crippen LogP) is 8.30. The van der Waals surface area contributed by atoms with E-state index in [2.05, 4.69) is 87.1 Å². The van der Waals surface area contributed by atoms with Crippen molar-refractivity contribution in [2.75, 3.05) is 20.1 Å². The fourth-order valence-electron chi connectivity index (χ4n) is 5.66. The summed E-state index contributed by atoms with van der Waals surface area (Å²) < 4.78 is 0. The van der Waals surface area contributed by atoms with Crippen molar-refractivity contribution in [3.8, 4) is 0 Å². The van der Waals surface area contributed by atoms with Crippen molar-refractivity contribution in [2.24, 2.45) is 23.7 Å². The second-order valence-electron chi connectivity index (χ2n) is 11.5. The van der Waals surface area contributed by atoms with Gasteiger partial charge in [-0.15, -0.1) is 0 Å². The van der Waals surface area contributed by atoms with Crippen molar-refractivity contribution in [3.05, 3.63) is 71.5 Å². The topological polar surface area (TPSA) is 32.3 Å². The number of hydrogen-bond acceptors (Lipinski definition) is 2. The van der Waals surface area contributed by atoms with E-state index in [1.54, 1.807) is 0 Å². The summed E-state index contributed by atoms with van der Waals surface area (Å²) in [5.41, 5.74) is 5.43. The molecule has 0 radical (unpaired) electrons. The number of carbonyl (C=O) groups is 1. The SMILES string of the molecule is C=C(C(C)CCCC)C1C=CC(C=CC2=CCCC(CC)C(N(C)CCCNC(=O)C3CCC3)=C2)=CC1. The van der Waals surface area contributed by atoms with Gasteiger partial charge in [-0.05, 0) is 80.4 Å². The van der Waals surface area contributed by atoms with E-state index in [1.165, 1.54) is 54.5 Å². The molecule has 0 saturated heterocycles. The van der Waals surface area contributed by atoms with Gasteiger partial charge in [0.15, 0.2) is 0 Å². The highest BCUT2D eigenvalue weighted by Gasteiger charge is 2.24. The summed E-state index contributed by atoms with van der Waals surface area (Å²) >= 11 is 0. The van der Waals surface area contributed by atoms with E-state index < -0.39 is 0 Å². The highest BCUT2D eigenvalue weighted by molar-refractivity contribution is 5.79. The highest BCUT2D eigenvalue weighted by atomic mass is 16.1. The number of rotatable bonds is 14. The Morgan fingerprint density at radius 3 is 2.59 bits per heavy atom. The van der Waals surface area contributed by atoms with Gasteiger partial charge in [0.05, 0.1) is 0 Å². The molecule has 0 spiro atoms. The summed E-state index contributed by atoms with van der Waals surface area (Å²) in [5, 5.41) is 3.15. The first-order chi connectivity index (χ1) is 17.9. The van der Waals surface area contributed by atoms with Gasteiger partial charge in [-0.1, -0.05) is 88.6 Å². The van der Waals surface area contributed by atoms with Gasteiger partial charge in [-0.2, -0.15) is 0 Å². The quantitative estimate of drug-likeness (QED) is 0.191. The number of unbranched alkanes of at least 4 members (excludes halogenated alkanes) is 1. The Labute approximate surface area is 227 Å². The minimum atomic E-state index is 0.261. The van der Waals surface area contributed by atoms with E-state index in [9.17, 15) is 4.79 Å². The van der Waals surface area contributed by atoms with Crippen LogP contribution < -0.4 is 5.32 Å². The number of nitrogens with one attached hydrogen (secondary N) is 1. The third kappa shape index (κ3) is 8.90. The fourth-order valence-corrected chi connectivity index (χ4v) is 5.66. The van der Waals surface area contributed by atoms with E-state index in [0.29, 0.717) is 17.8 Å². The van der Waals surface area contributed by atoms with E-state index in [1.807, 2.05) is 0 Å². The number of carbonyl (C=O) groups excluding carboxylic acids is 1. The lowest BCUT2D eigenvalue weighted by Gasteiger charge is -2.29. The number of allylic oxidation sites excluding steroid dienone is 11. The van der Waals surface area contributed by atoms with Gasteiger partial charge in [0.25, 0.3) is 0 Å². The molecule has 0 aromatic rings. The van der Waals surface area contributed by atoms with E-state index in [0.717, 1.165) is 51.6 Å². The zero-order valence-corrected chi connectivity index (χ0v) is 24.1. The third-order valence-corrected chi connectivity index (χ3v) is 8.70. The van der Waals surface area contributed by atoms with E-state index >= 15 is 0 Å². The van der Waals surface area contributed by atoms with Crippen molar-refractivity contribution in [1.82, 2.24) is 10.2 Å². The molecular weight excluding hydrogens is 452 g/mol. The molecule has 0 bridgehead atoms. The molecule has 3 heteroatoms. The van der Waals surface area contributed by atoms with E-state index in [-0.39, 0.29) is 11.8 Å². The Kier molecular flexibility index (Phi) is 12.0. The van der Waals surface area contributed by atoms with Crippen molar-refractivity contribution < 1.29 is 4.79 Å². The Morgan fingerprint density at radius 2 is 1.95 bits per heavy atom. The van der Waals surface area contributed by atoms with Crippen LogP contribution >= 0.6 is 0 Å². The average molecular weight is 505 g/mol. The van der Waals surface area contributed by atoms with E-state index in [4.69, 9.17) is 0 Å². The fraction of sp³-hybridized carbons (Fsp3) is 0.618. The minimum absolute atomic E-state index is 0.261. The van der Waals surface area contributed by atoms with Crippen LogP contribution in [-0.2, 0) is 4.79 Å². The van der Waals surface area contributed by atoms with Crippen molar-refractivity contribution in [2.45, 2.75) is 91.4 Å². The Morgan fingerprint density at radius 1 is 1.16 bits per heavy atom. The van der Waals surface area contributed by atoms with Crippen LogP contribution in [0.1, 0.15) is 91.4 Å². The van der Waals surface area contributed by atoms with Crippen LogP contribution in [0.5, 0.6) is 0 Å². The summed E-state index contributed by atoms with van der Waals surface area (Å²) in [6.45, 7) is 13.1. The van der Waals surface area contributed by atoms with Crippen LogP contribution in [0.15, 0.2) is 71.5 Å². The Bertz CT molecular complexity index is 914. The maximum absolute atomic E-state index is 12.1. The normalized spacial score (nSPS) is 23.0. The molecule has 1 amide bonds. The van der Waals surface area contributed by atoms with Gasteiger partial charge in [-0.3, -0.25) is 4.79 Å². The Hall–Kier alpha value is -2.29. The van der Waals surface area contributed by atoms with Gasteiger partial charge in [0.1, 0.15) is 0 Å². The lowest BCUT2D eigenvalue weighted by molar-refractivity contribution is -0.127. The molecule has 3 nitrogen and oxygen atoms in total. The van der Waals surface area contributed by atoms with Gasteiger partial charge in [0, 0.05) is 37.7 Å². The molecule has 3 unspecified atom stereocenters. The lowest BCUT2D eigenvalue weighted by atomic mass is 9.82. The predicted molar refractivity (Wildman–Crippen MR) is 159 cm³/mol. The van der Waals surface area contributed by atoms with Gasteiger partial charge in [0.2, 0.25) is 5.91 Å². The number of amides is 1. The molecule has 1 fully saturated rings. The Balaban J connectivity index is 1.54.